The van der Waals surface area contributed by atoms with Gasteiger partial charge in [-0.3, -0.25) is 0 Å². The number of aromatic nitrogens is 2. The molecular weight excluding hydrogens is 330 g/mol. The van der Waals surface area contributed by atoms with Crippen molar-refractivity contribution in [1.29, 1.82) is 0 Å². The van der Waals surface area contributed by atoms with E-state index in [1.165, 1.54) is 24.0 Å². The summed E-state index contributed by atoms with van der Waals surface area (Å²) in [6.07, 6.45) is 6.61. The molecule has 0 bridgehead atoms. The van der Waals surface area contributed by atoms with Gasteiger partial charge in [0, 0.05) is 23.0 Å². The highest BCUT2D eigenvalue weighted by molar-refractivity contribution is 5.59. The Hall–Kier alpha value is -2.42. The predicted molar refractivity (Wildman–Crippen MR) is 117 cm³/mol. The number of rotatable bonds is 9. The van der Waals surface area contributed by atoms with Crippen LogP contribution in [0.15, 0.2) is 54.3 Å². The zero-order valence-corrected chi connectivity index (χ0v) is 17.5. The molecule has 2 rings (SSSR count). The molecule has 0 aliphatic carbocycles. The summed E-state index contributed by atoms with van der Waals surface area (Å²) in [4.78, 5) is 9.41. The maximum atomic E-state index is 4.72. The number of allylic oxidation sites excluding steroid dienone is 2. The van der Waals surface area contributed by atoms with Crippen molar-refractivity contribution in [3.63, 3.8) is 0 Å². The molecule has 1 heterocycles. The molecule has 0 radical (unpaired) electrons. The van der Waals surface area contributed by atoms with E-state index in [1.807, 2.05) is 6.07 Å². The summed E-state index contributed by atoms with van der Waals surface area (Å²) in [5.41, 5.74) is 5.53. The molecule has 2 aromatic rings. The van der Waals surface area contributed by atoms with Gasteiger partial charge >= 0.3 is 0 Å². The monoisotopic (exact) mass is 363 g/mol. The molecule has 1 aromatic heterocycles. The summed E-state index contributed by atoms with van der Waals surface area (Å²) >= 11 is 0. The lowest BCUT2D eigenvalue weighted by atomic mass is 9.92. The van der Waals surface area contributed by atoms with Gasteiger partial charge in [0.15, 0.2) is 5.82 Å². The van der Waals surface area contributed by atoms with Crippen LogP contribution in [0.4, 0.5) is 5.82 Å². The van der Waals surface area contributed by atoms with Crippen LogP contribution in [0.3, 0.4) is 0 Å². The second kappa shape index (κ2) is 10.1. The average Bonchev–Trinajstić information content (AvgIpc) is 2.66. The third-order valence-corrected chi connectivity index (χ3v) is 4.92. The summed E-state index contributed by atoms with van der Waals surface area (Å²) in [6.45, 7) is 15.1. The molecule has 3 heteroatoms. The van der Waals surface area contributed by atoms with E-state index in [1.54, 1.807) is 0 Å². The number of hydrogen-bond acceptors (Lipinski definition) is 3. The number of benzene rings is 1. The van der Waals surface area contributed by atoms with Crippen LogP contribution in [0, 0.1) is 12.8 Å². The number of nitrogens with zero attached hydrogens (tertiary/aromatic N) is 2. The van der Waals surface area contributed by atoms with Crippen LogP contribution in [-0.2, 0) is 6.42 Å². The Labute approximate surface area is 164 Å². The second-order valence-corrected chi connectivity index (χ2v) is 7.22. The maximum absolute atomic E-state index is 4.72. The minimum absolute atomic E-state index is 0.619. The fourth-order valence-electron chi connectivity index (χ4n) is 3.27. The Kier molecular flexibility index (Phi) is 7.78. The molecule has 0 saturated carbocycles. The van der Waals surface area contributed by atoms with Gasteiger partial charge < -0.3 is 5.32 Å². The van der Waals surface area contributed by atoms with Crippen molar-refractivity contribution in [1.82, 2.24) is 9.97 Å². The van der Waals surface area contributed by atoms with E-state index < -0.39 is 0 Å². The first-order valence-electron chi connectivity index (χ1n) is 10.1. The van der Waals surface area contributed by atoms with Gasteiger partial charge in [-0.15, -0.1) is 0 Å². The standard InChI is InChI=1S/C24H33N3/c1-7-10-20(8-2)18(5)15-19(6)25-23-16-22(9-3)26-24(27-23)21-13-11-17(4)12-14-21/h11-16,20H,6-10H2,1-5H3,(H,25,26,27)/b18-15-. The third-order valence-electron chi connectivity index (χ3n) is 4.92. The largest absolute Gasteiger partial charge is 0.341 e. The van der Waals surface area contributed by atoms with Gasteiger partial charge in [-0.25, -0.2) is 9.97 Å². The van der Waals surface area contributed by atoms with E-state index in [0.717, 1.165) is 41.4 Å². The molecular formula is C24H33N3. The zero-order valence-electron chi connectivity index (χ0n) is 17.5. The molecule has 1 N–H and O–H groups in total. The summed E-state index contributed by atoms with van der Waals surface area (Å²) in [6, 6.07) is 10.3. The highest BCUT2D eigenvalue weighted by atomic mass is 15.0. The molecule has 1 unspecified atom stereocenters. The predicted octanol–water partition coefficient (Wildman–Crippen LogP) is 6.71. The molecule has 1 aromatic carbocycles. The Bertz CT molecular complexity index is 788. The van der Waals surface area contributed by atoms with E-state index in [0.29, 0.717) is 5.92 Å². The first kappa shape index (κ1) is 20.9. The topological polar surface area (TPSA) is 37.8 Å². The normalized spacial score (nSPS) is 12.7. The summed E-state index contributed by atoms with van der Waals surface area (Å²) in [7, 11) is 0. The van der Waals surface area contributed by atoms with Crippen molar-refractivity contribution < 1.29 is 0 Å². The third kappa shape index (κ3) is 6.06. The molecule has 0 aliphatic heterocycles. The maximum Gasteiger partial charge on any atom is 0.161 e. The molecule has 1 atom stereocenters. The van der Waals surface area contributed by atoms with Crippen LogP contribution in [0.2, 0.25) is 0 Å². The number of hydrogen-bond donors (Lipinski definition) is 1. The van der Waals surface area contributed by atoms with Gasteiger partial charge in [-0.2, -0.15) is 0 Å². The molecule has 0 saturated heterocycles. The molecule has 144 valence electrons. The van der Waals surface area contributed by atoms with Crippen molar-refractivity contribution in [2.24, 2.45) is 5.92 Å². The molecule has 0 fully saturated rings. The van der Waals surface area contributed by atoms with Crippen LogP contribution in [-0.4, -0.2) is 9.97 Å². The highest BCUT2D eigenvalue weighted by Crippen LogP contribution is 2.23. The number of nitrogens with one attached hydrogen (secondary N) is 1. The zero-order chi connectivity index (χ0) is 19.8. The molecule has 3 nitrogen and oxygen atoms in total. The van der Waals surface area contributed by atoms with Crippen LogP contribution >= 0.6 is 0 Å². The minimum Gasteiger partial charge on any atom is -0.341 e. The van der Waals surface area contributed by atoms with Gasteiger partial charge in [0.25, 0.3) is 0 Å². The average molecular weight is 364 g/mol. The summed E-state index contributed by atoms with van der Waals surface area (Å²) in [5, 5.41) is 3.37. The van der Waals surface area contributed by atoms with Crippen molar-refractivity contribution in [3.05, 3.63) is 65.5 Å². The van der Waals surface area contributed by atoms with Gasteiger partial charge in [-0.05, 0) is 45.1 Å². The van der Waals surface area contributed by atoms with Crippen LogP contribution in [0.5, 0.6) is 0 Å². The van der Waals surface area contributed by atoms with Crippen molar-refractivity contribution in [2.45, 2.75) is 60.3 Å². The Balaban J connectivity index is 2.23. The number of aryl methyl sites for hydroxylation is 2. The summed E-state index contributed by atoms with van der Waals surface area (Å²) < 4.78 is 0. The molecule has 0 amide bonds. The Morgan fingerprint density at radius 1 is 1.15 bits per heavy atom. The fourth-order valence-corrected chi connectivity index (χ4v) is 3.27. The fraction of sp³-hybridized carbons (Fsp3) is 0.417. The first-order valence-corrected chi connectivity index (χ1v) is 10.1. The van der Waals surface area contributed by atoms with Crippen LogP contribution in [0.1, 0.15) is 58.2 Å². The van der Waals surface area contributed by atoms with E-state index in [-0.39, 0.29) is 0 Å². The smallest absolute Gasteiger partial charge is 0.161 e. The van der Waals surface area contributed by atoms with Gasteiger partial charge in [0.1, 0.15) is 5.82 Å². The highest BCUT2D eigenvalue weighted by Gasteiger charge is 2.09. The quantitative estimate of drug-likeness (QED) is 0.503. The van der Waals surface area contributed by atoms with Crippen molar-refractivity contribution in [2.75, 3.05) is 5.32 Å². The molecule has 0 spiro atoms. The first-order chi connectivity index (χ1) is 13.0. The Morgan fingerprint density at radius 2 is 1.85 bits per heavy atom. The lowest BCUT2D eigenvalue weighted by Gasteiger charge is -2.16. The Morgan fingerprint density at radius 3 is 2.44 bits per heavy atom. The van der Waals surface area contributed by atoms with E-state index in [4.69, 9.17) is 4.98 Å². The summed E-state index contributed by atoms with van der Waals surface area (Å²) in [5.74, 6) is 2.17. The second-order valence-electron chi connectivity index (χ2n) is 7.22. The van der Waals surface area contributed by atoms with Gasteiger partial charge in [-0.1, -0.05) is 69.2 Å². The lowest BCUT2D eigenvalue weighted by Crippen LogP contribution is -2.05. The SMILES string of the molecule is C=C(/C=C(/C)C(CC)CCC)Nc1cc(CC)nc(-c2ccc(C)cc2)n1. The van der Waals surface area contributed by atoms with E-state index in [9.17, 15) is 0 Å². The van der Waals surface area contributed by atoms with E-state index >= 15 is 0 Å². The van der Waals surface area contributed by atoms with Crippen molar-refractivity contribution in [3.8, 4) is 11.4 Å². The molecule has 27 heavy (non-hydrogen) atoms. The molecule has 0 aliphatic rings. The van der Waals surface area contributed by atoms with Crippen LogP contribution < -0.4 is 5.32 Å². The van der Waals surface area contributed by atoms with Crippen LogP contribution in [0.25, 0.3) is 11.4 Å². The lowest BCUT2D eigenvalue weighted by molar-refractivity contribution is 0.534. The van der Waals surface area contributed by atoms with Gasteiger partial charge in [0.05, 0.1) is 0 Å². The number of anilines is 1. The minimum atomic E-state index is 0.619. The van der Waals surface area contributed by atoms with E-state index in [2.05, 4.69) is 81.8 Å². The van der Waals surface area contributed by atoms with Crippen molar-refractivity contribution >= 4 is 5.82 Å². The van der Waals surface area contributed by atoms with Gasteiger partial charge in [0.2, 0.25) is 0 Å².